The monoisotopic (exact) mass is 543 g/mol. The minimum Gasteiger partial charge on any atom is -0.387 e. The average Bonchev–Trinajstić information content (AvgIpc) is 3.25. The highest BCUT2D eigenvalue weighted by Gasteiger charge is 2.56. The van der Waals surface area contributed by atoms with Gasteiger partial charge in [0.2, 0.25) is 5.91 Å². The molecule has 1 saturated carbocycles. The number of halogens is 3. The molecule has 2 aromatic heterocycles. The van der Waals surface area contributed by atoms with Gasteiger partial charge in [0.15, 0.2) is 0 Å². The second-order valence-electron chi connectivity index (χ2n) is 10.7. The van der Waals surface area contributed by atoms with Crippen LogP contribution in [0.15, 0.2) is 27.6 Å². The van der Waals surface area contributed by atoms with Crippen molar-refractivity contribution >= 4 is 32.5 Å². The highest BCUT2D eigenvalue weighted by Crippen LogP contribution is 2.51. The number of alkyl halides is 3. The molecule has 204 valence electrons. The molecule has 1 aliphatic carbocycles. The smallest absolute Gasteiger partial charge is 0.387 e. The normalized spacial score (nSPS) is 22.9. The van der Waals surface area contributed by atoms with Crippen LogP contribution in [0, 0.1) is 11.3 Å². The summed E-state index contributed by atoms with van der Waals surface area (Å²) < 4.78 is 55.9. The van der Waals surface area contributed by atoms with Crippen LogP contribution in [0.3, 0.4) is 0 Å². The van der Waals surface area contributed by atoms with E-state index in [1.54, 1.807) is 6.07 Å². The van der Waals surface area contributed by atoms with Crippen LogP contribution in [0.25, 0.3) is 10.9 Å². The minimum atomic E-state index is -4.43. The number of fused-ring (bicyclic) bond motifs is 1. The summed E-state index contributed by atoms with van der Waals surface area (Å²) in [6, 6.07) is 1.60. The lowest BCUT2D eigenvalue weighted by Gasteiger charge is -2.52. The van der Waals surface area contributed by atoms with Crippen molar-refractivity contribution in [1.82, 2.24) is 19.4 Å². The predicted octanol–water partition coefficient (Wildman–Crippen LogP) is 3.26. The fraction of sp³-hybridized carbons (Fsp3) is 0.667. The molecule has 13 heteroatoms. The maximum Gasteiger partial charge on any atom is 0.389 e. The summed E-state index contributed by atoms with van der Waals surface area (Å²) in [5.74, 6) is -1.74. The lowest BCUT2D eigenvalue weighted by atomic mass is 9.65. The molecule has 2 atom stereocenters. The molecule has 2 fully saturated rings. The van der Waals surface area contributed by atoms with Crippen molar-refractivity contribution in [3.8, 4) is 0 Å². The SMILES string of the molecule is CC(CC(F)(F)F)C(=O)N1CCC(O)(Cn2ccc3nc(N=S(C)(C)=O)ncc3c2=O)C2(CCCC2)C1. The van der Waals surface area contributed by atoms with Crippen molar-refractivity contribution < 1.29 is 27.3 Å². The van der Waals surface area contributed by atoms with Crippen LogP contribution < -0.4 is 5.56 Å². The Morgan fingerprint density at radius 2 is 1.95 bits per heavy atom. The lowest BCUT2D eigenvalue weighted by molar-refractivity contribution is -0.172. The molecule has 4 rings (SSSR count). The topological polar surface area (TPSA) is 118 Å². The van der Waals surface area contributed by atoms with E-state index in [0.29, 0.717) is 18.4 Å². The van der Waals surface area contributed by atoms with Crippen LogP contribution in [0.2, 0.25) is 0 Å². The molecule has 3 heterocycles. The van der Waals surface area contributed by atoms with Crippen LogP contribution >= 0.6 is 0 Å². The van der Waals surface area contributed by atoms with Gasteiger partial charge < -0.3 is 14.6 Å². The fourth-order valence-corrected chi connectivity index (χ4v) is 6.22. The summed E-state index contributed by atoms with van der Waals surface area (Å²) in [5.41, 5.74) is -2.11. The number of hydrogen-bond donors (Lipinski definition) is 1. The standard InChI is InChI=1S/C24H32F3N5O4S/c1-16(12-24(25,26)27)19(33)32-11-9-23(35,22(14-32)7-4-5-8-22)15-31-10-6-18-17(20(31)34)13-28-21(29-18)30-37(2,3)36/h6,10,13,16,35H,4-5,7-9,11-12,14-15H2,1-3H3. The zero-order chi connectivity index (χ0) is 27.2. The summed E-state index contributed by atoms with van der Waals surface area (Å²) in [4.78, 5) is 35.8. The van der Waals surface area contributed by atoms with E-state index < -0.39 is 50.7 Å². The van der Waals surface area contributed by atoms with E-state index in [-0.39, 0.29) is 37.4 Å². The Kier molecular flexibility index (Phi) is 7.17. The molecule has 1 saturated heterocycles. The zero-order valence-electron chi connectivity index (χ0n) is 21.1. The van der Waals surface area contributed by atoms with Gasteiger partial charge in [-0.05, 0) is 25.3 Å². The molecular weight excluding hydrogens is 511 g/mol. The van der Waals surface area contributed by atoms with Crippen LogP contribution in [-0.4, -0.2) is 72.0 Å². The first kappa shape index (κ1) is 27.5. The van der Waals surface area contributed by atoms with Crippen LogP contribution in [-0.2, 0) is 21.1 Å². The third-order valence-electron chi connectivity index (χ3n) is 7.55. The van der Waals surface area contributed by atoms with Crippen LogP contribution in [0.1, 0.15) is 45.4 Å². The van der Waals surface area contributed by atoms with Gasteiger partial charge in [0.05, 0.1) is 29.5 Å². The molecule has 0 bridgehead atoms. The largest absolute Gasteiger partial charge is 0.389 e. The first-order valence-electron chi connectivity index (χ1n) is 12.2. The number of hydrogen-bond acceptors (Lipinski definition) is 7. The maximum absolute atomic E-state index is 13.3. The Labute approximate surface area is 213 Å². The third-order valence-corrected chi connectivity index (χ3v) is 8.15. The second kappa shape index (κ2) is 9.64. The number of likely N-dealkylation sites (tertiary alicyclic amines) is 1. The van der Waals surface area contributed by atoms with Crippen molar-refractivity contribution in [2.75, 3.05) is 25.6 Å². The van der Waals surface area contributed by atoms with E-state index in [9.17, 15) is 32.1 Å². The average molecular weight is 544 g/mol. The fourth-order valence-electron chi connectivity index (χ4n) is 5.74. The first-order valence-corrected chi connectivity index (χ1v) is 14.6. The molecule has 1 aliphatic heterocycles. The van der Waals surface area contributed by atoms with E-state index in [2.05, 4.69) is 14.3 Å². The third kappa shape index (κ3) is 5.82. The number of piperidine rings is 1. The summed E-state index contributed by atoms with van der Waals surface area (Å²) in [5, 5.41) is 12.1. The van der Waals surface area contributed by atoms with E-state index >= 15 is 0 Å². The van der Waals surface area contributed by atoms with Gasteiger partial charge in [0, 0.05) is 59.1 Å². The molecule has 37 heavy (non-hydrogen) atoms. The number of aliphatic hydroxyl groups is 1. The number of pyridine rings is 1. The van der Waals surface area contributed by atoms with E-state index in [4.69, 9.17) is 0 Å². The van der Waals surface area contributed by atoms with Gasteiger partial charge in [-0.3, -0.25) is 9.59 Å². The number of carbonyl (C=O) groups is 1. The van der Waals surface area contributed by atoms with Gasteiger partial charge >= 0.3 is 6.18 Å². The lowest BCUT2D eigenvalue weighted by Crippen LogP contribution is -2.62. The molecule has 2 unspecified atom stereocenters. The van der Waals surface area contributed by atoms with Crippen molar-refractivity contribution in [2.24, 2.45) is 15.7 Å². The predicted molar refractivity (Wildman–Crippen MR) is 133 cm³/mol. The molecule has 0 radical (unpaired) electrons. The van der Waals surface area contributed by atoms with Gasteiger partial charge in [-0.2, -0.15) is 17.5 Å². The molecule has 2 aromatic rings. The Hall–Kier alpha value is -2.54. The highest BCUT2D eigenvalue weighted by molar-refractivity contribution is 7.92. The Morgan fingerprint density at radius 1 is 1.27 bits per heavy atom. The quantitative estimate of drug-likeness (QED) is 0.619. The van der Waals surface area contributed by atoms with Crippen LogP contribution in [0.5, 0.6) is 0 Å². The Balaban J connectivity index is 1.61. The summed E-state index contributed by atoms with van der Waals surface area (Å²) >= 11 is 0. The highest BCUT2D eigenvalue weighted by atomic mass is 32.2. The van der Waals surface area contributed by atoms with Gasteiger partial charge in [0.1, 0.15) is 0 Å². The van der Waals surface area contributed by atoms with Crippen LogP contribution in [0.4, 0.5) is 19.1 Å². The Bertz CT molecular complexity index is 1370. The summed E-state index contributed by atoms with van der Waals surface area (Å²) in [7, 11) is -2.48. The molecule has 1 N–H and O–H groups in total. The first-order chi connectivity index (χ1) is 17.1. The molecule has 2 aliphatic rings. The Morgan fingerprint density at radius 3 is 2.57 bits per heavy atom. The van der Waals surface area contributed by atoms with Crippen molar-refractivity contribution in [2.45, 2.75) is 63.8 Å². The second-order valence-corrected chi connectivity index (χ2v) is 13.3. The number of rotatable bonds is 5. The van der Waals surface area contributed by atoms with Gasteiger partial charge in [-0.15, -0.1) is 0 Å². The van der Waals surface area contributed by atoms with Crippen molar-refractivity contribution in [3.05, 3.63) is 28.8 Å². The van der Waals surface area contributed by atoms with E-state index in [0.717, 1.165) is 12.8 Å². The maximum atomic E-state index is 13.3. The minimum absolute atomic E-state index is 0.0139. The number of aromatic nitrogens is 3. The molecule has 1 spiro atoms. The number of amides is 1. The number of carbonyl (C=O) groups excluding carboxylic acids is 1. The molecular formula is C24H32F3N5O4S. The molecule has 1 amide bonds. The van der Waals surface area contributed by atoms with Gasteiger partial charge in [-0.1, -0.05) is 19.8 Å². The molecule has 0 aromatic carbocycles. The van der Waals surface area contributed by atoms with Crippen molar-refractivity contribution in [1.29, 1.82) is 0 Å². The number of nitrogens with zero attached hydrogens (tertiary/aromatic N) is 5. The summed E-state index contributed by atoms with van der Waals surface area (Å²) in [6.07, 6.45) is 3.18. The van der Waals surface area contributed by atoms with Gasteiger partial charge in [-0.25, -0.2) is 14.2 Å². The summed E-state index contributed by atoms with van der Waals surface area (Å²) in [6.45, 7) is 1.54. The van der Waals surface area contributed by atoms with E-state index in [1.807, 2.05) is 0 Å². The van der Waals surface area contributed by atoms with Gasteiger partial charge in [0.25, 0.3) is 11.5 Å². The van der Waals surface area contributed by atoms with Crippen molar-refractivity contribution in [3.63, 3.8) is 0 Å². The zero-order valence-corrected chi connectivity index (χ0v) is 21.9. The van der Waals surface area contributed by atoms with E-state index in [1.165, 1.54) is 41.3 Å². The molecule has 9 nitrogen and oxygen atoms in total.